The second kappa shape index (κ2) is 8.55. The SMILES string of the molecule is COc1ccc(CSC/C(=C\c2ccccc2)CO)cc1. The number of aliphatic hydroxyl groups excluding tert-OH is 1. The van der Waals surface area contributed by atoms with Crippen LogP contribution in [-0.4, -0.2) is 24.6 Å². The summed E-state index contributed by atoms with van der Waals surface area (Å²) >= 11 is 1.80. The first-order valence-corrected chi connectivity index (χ1v) is 8.03. The van der Waals surface area contributed by atoms with Crippen molar-refractivity contribution < 1.29 is 9.84 Å². The van der Waals surface area contributed by atoms with Crippen LogP contribution in [0.1, 0.15) is 11.1 Å². The highest BCUT2D eigenvalue weighted by Crippen LogP contribution is 2.19. The Hall–Kier alpha value is -1.71. The Morgan fingerprint density at radius 2 is 1.81 bits per heavy atom. The van der Waals surface area contributed by atoms with Gasteiger partial charge >= 0.3 is 0 Å². The van der Waals surface area contributed by atoms with E-state index in [0.717, 1.165) is 28.4 Å². The quantitative estimate of drug-likeness (QED) is 0.838. The maximum absolute atomic E-state index is 9.45. The summed E-state index contributed by atoms with van der Waals surface area (Å²) in [5.74, 6) is 2.64. The average molecular weight is 300 g/mol. The number of aliphatic hydroxyl groups is 1. The molecule has 0 aromatic heterocycles. The Balaban J connectivity index is 1.87. The van der Waals surface area contributed by atoms with E-state index < -0.39 is 0 Å². The van der Waals surface area contributed by atoms with Crippen molar-refractivity contribution in [1.29, 1.82) is 0 Å². The normalized spacial score (nSPS) is 11.4. The van der Waals surface area contributed by atoms with E-state index in [-0.39, 0.29) is 6.61 Å². The molecule has 0 saturated carbocycles. The van der Waals surface area contributed by atoms with Crippen molar-refractivity contribution in [2.75, 3.05) is 19.5 Å². The average Bonchev–Trinajstić information content (AvgIpc) is 2.55. The highest BCUT2D eigenvalue weighted by molar-refractivity contribution is 7.98. The van der Waals surface area contributed by atoms with Gasteiger partial charge in [-0.1, -0.05) is 48.5 Å². The monoisotopic (exact) mass is 300 g/mol. The van der Waals surface area contributed by atoms with Gasteiger partial charge in [-0.05, 0) is 28.8 Å². The highest BCUT2D eigenvalue weighted by Gasteiger charge is 1.99. The van der Waals surface area contributed by atoms with Crippen LogP contribution < -0.4 is 4.74 Å². The lowest BCUT2D eigenvalue weighted by atomic mass is 10.1. The van der Waals surface area contributed by atoms with Crippen LogP contribution in [0.5, 0.6) is 5.75 Å². The molecule has 0 saturated heterocycles. The molecule has 0 radical (unpaired) electrons. The van der Waals surface area contributed by atoms with Crippen molar-refractivity contribution in [3.63, 3.8) is 0 Å². The molecule has 110 valence electrons. The third-order valence-electron chi connectivity index (χ3n) is 3.09. The van der Waals surface area contributed by atoms with E-state index in [1.807, 2.05) is 42.5 Å². The minimum atomic E-state index is 0.102. The Morgan fingerprint density at radius 1 is 1.10 bits per heavy atom. The van der Waals surface area contributed by atoms with Crippen LogP contribution in [0.3, 0.4) is 0 Å². The molecule has 0 aliphatic carbocycles. The van der Waals surface area contributed by atoms with Crippen molar-refractivity contribution in [1.82, 2.24) is 0 Å². The summed E-state index contributed by atoms with van der Waals surface area (Å²) < 4.78 is 5.15. The van der Waals surface area contributed by atoms with Crippen molar-refractivity contribution >= 4 is 17.8 Å². The molecular formula is C18H20O2S. The van der Waals surface area contributed by atoms with E-state index in [4.69, 9.17) is 4.74 Å². The molecule has 0 unspecified atom stereocenters. The summed E-state index contributed by atoms with van der Waals surface area (Å²) in [4.78, 5) is 0. The molecule has 0 aliphatic heterocycles. The summed E-state index contributed by atoms with van der Waals surface area (Å²) in [5, 5.41) is 9.45. The Bertz CT molecular complexity index is 562. The smallest absolute Gasteiger partial charge is 0.118 e. The minimum Gasteiger partial charge on any atom is -0.497 e. The van der Waals surface area contributed by atoms with Gasteiger partial charge in [-0.3, -0.25) is 0 Å². The molecule has 2 aromatic carbocycles. The fourth-order valence-corrected chi connectivity index (χ4v) is 2.91. The van der Waals surface area contributed by atoms with Gasteiger partial charge in [0.1, 0.15) is 5.75 Å². The number of hydrogen-bond acceptors (Lipinski definition) is 3. The van der Waals surface area contributed by atoms with Crippen LogP contribution in [0, 0.1) is 0 Å². The third-order valence-corrected chi connectivity index (χ3v) is 4.20. The van der Waals surface area contributed by atoms with Gasteiger partial charge in [0, 0.05) is 11.5 Å². The second-order valence-corrected chi connectivity index (χ2v) is 5.70. The number of hydrogen-bond donors (Lipinski definition) is 1. The van der Waals surface area contributed by atoms with Gasteiger partial charge in [-0.25, -0.2) is 0 Å². The molecule has 0 heterocycles. The Morgan fingerprint density at radius 3 is 2.43 bits per heavy atom. The van der Waals surface area contributed by atoms with Crippen LogP contribution in [0.25, 0.3) is 6.08 Å². The van der Waals surface area contributed by atoms with Crippen LogP contribution in [0.4, 0.5) is 0 Å². The Labute approximate surface area is 130 Å². The molecule has 1 N–H and O–H groups in total. The summed E-state index contributed by atoms with van der Waals surface area (Å²) in [7, 11) is 1.67. The van der Waals surface area contributed by atoms with Crippen LogP contribution in [0.2, 0.25) is 0 Å². The highest BCUT2D eigenvalue weighted by atomic mass is 32.2. The minimum absolute atomic E-state index is 0.102. The lowest BCUT2D eigenvalue weighted by Crippen LogP contribution is -1.95. The van der Waals surface area contributed by atoms with Gasteiger partial charge in [0.2, 0.25) is 0 Å². The summed E-state index contributed by atoms with van der Waals surface area (Å²) in [6, 6.07) is 18.2. The molecule has 0 aliphatic rings. The maximum atomic E-state index is 9.45. The molecule has 2 rings (SSSR count). The summed E-state index contributed by atoms with van der Waals surface area (Å²) in [6.07, 6.45) is 2.06. The zero-order valence-corrected chi connectivity index (χ0v) is 13.0. The molecule has 21 heavy (non-hydrogen) atoms. The van der Waals surface area contributed by atoms with Gasteiger partial charge in [-0.15, -0.1) is 0 Å². The number of benzene rings is 2. The zero-order valence-electron chi connectivity index (χ0n) is 12.2. The molecule has 0 spiro atoms. The molecule has 0 fully saturated rings. The first-order chi connectivity index (χ1) is 10.3. The number of rotatable bonds is 7. The van der Waals surface area contributed by atoms with Crippen molar-refractivity contribution in [2.24, 2.45) is 0 Å². The van der Waals surface area contributed by atoms with Crippen LogP contribution in [-0.2, 0) is 5.75 Å². The van der Waals surface area contributed by atoms with E-state index in [9.17, 15) is 5.11 Å². The van der Waals surface area contributed by atoms with Gasteiger partial charge in [0.05, 0.1) is 13.7 Å². The lowest BCUT2D eigenvalue weighted by molar-refractivity contribution is 0.333. The fourth-order valence-electron chi connectivity index (χ4n) is 1.94. The van der Waals surface area contributed by atoms with Crippen molar-refractivity contribution in [3.8, 4) is 5.75 Å². The number of methoxy groups -OCH3 is 1. The Kier molecular flexibility index (Phi) is 6.38. The summed E-state index contributed by atoms with van der Waals surface area (Å²) in [6.45, 7) is 0.102. The molecule has 2 aromatic rings. The molecule has 0 atom stereocenters. The molecule has 0 amide bonds. The van der Waals surface area contributed by atoms with E-state index in [1.165, 1.54) is 5.56 Å². The van der Waals surface area contributed by atoms with Gasteiger partial charge in [0.15, 0.2) is 0 Å². The van der Waals surface area contributed by atoms with Crippen molar-refractivity contribution in [3.05, 3.63) is 71.3 Å². The standard InChI is InChI=1S/C18H20O2S/c1-20-18-9-7-16(8-10-18)13-21-14-17(12-19)11-15-5-3-2-4-6-15/h2-11,19H,12-14H2,1H3/b17-11-. The lowest BCUT2D eigenvalue weighted by Gasteiger charge is -2.06. The molecular weight excluding hydrogens is 280 g/mol. The largest absolute Gasteiger partial charge is 0.497 e. The van der Waals surface area contributed by atoms with Gasteiger partial charge in [0.25, 0.3) is 0 Å². The topological polar surface area (TPSA) is 29.5 Å². The van der Waals surface area contributed by atoms with E-state index in [2.05, 4.69) is 18.2 Å². The molecule has 3 heteroatoms. The summed E-state index contributed by atoms with van der Waals surface area (Å²) in [5.41, 5.74) is 3.43. The van der Waals surface area contributed by atoms with E-state index in [0.29, 0.717) is 0 Å². The van der Waals surface area contributed by atoms with Crippen LogP contribution in [0.15, 0.2) is 60.2 Å². The predicted octanol–water partition coefficient (Wildman–Crippen LogP) is 4.00. The van der Waals surface area contributed by atoms with E-state index in [1.54, 1.807) is 18.9 Å². The number of ether oxygens (including phenoxy) is 1. The molecule has 0 bridgehead atoms. The third kappa shape index (κ3) is 5.29. The number of thioether (sulfide) groups is 1. The predicted molar refractivity (Wildman–Crippen MR) is 90.7 cm³/mol. The molecule has 2 nitrogen and oxygen atoms in total. The van der Waals surface area contributed by atoms with Gasteiger partial charge < -0.3 is 9.84 Å². The van der Waals surface area contributed by atoms with Crippen LogP contribution >= 0.6 is 11.8 Å². The second-order valence-electron chi connectivity index (χ2n) is 4.71. The first-order valence-electron chi connectivity index (χ1n) is 6.88. The zero-order chi connectivity index (χ0) is 14.9. The fraction of sp³-hybridized carbons (Fsp3) is 0.222. The van der Waals surface area contributed by atoms with Gasteiger partial charge in [-0.2, -0.15) is 11.8 Å². The van der Waals surface area contributed by atoms with Crippen molar-refractivity contribution in [2.45, 2.75) is 5.75 Å². The van der Waals surface area contributed by atoms with E-state index >= 15 is 0 Å². The first kappa shape index (κ1) is 15.7. The maximum Gasteiger partial charge on any atom is 0.118 e.